The van der Waals surface area contributed by atoms with Crippen LogP contribution in [0.1, 0.15) is 38.4 Å². The van der Waals surface area contributed by atoms with Gasteiger partial charge >= 0.3 is 0 Å². The second kappa shape index (κ2) is 4.32. The van der Waals surface area contributed by atoms with Gasteiger partial charge in [0.15, 0.2) is 0 Å². The predicted molar refractivity (Wildman–Crippen MR) is 73.8 cm³/mol. The Bertz CT molecular complexity index is 567. The smallest absolute Gasteiger partial charge is 0.139 e. The Morgan fingerprint density at radius 2 is 2.17 bits per heavy atom. The van der Waals surface area contributed by atoms with Gasteiger partial charge in [-0.25, -0.2) is 0 Å². The third-order valence-electron chi connectivity index (χ3n) is 3.58. The number of aromatic nitrogens is 1. The van der Waals surface area contributed by atoms with Crippen LogP contribution in [0.5, 0.6) is 5.75 Å². The molecule has 0 spiro atoms. The van der Waals surface area contributed by atoms with Crippen LogP contribution in [0.15, 0.2) is 24.3 Å². The van der Waals surface area contributed by atoms with Gasteiger partial charge in [-0.05, 0) is 38.8 Å². The first kappa shape index (κ1) is 11.6. The summed E-state index contributed by atoms with van der Waals surface area (Å²) in [6.45, 7) is 5.20. The van der Waals surface area contributed by atoms with Crippen LogP contribution in [0, 0.1) is 0 Å². The molecule has 0 saturated heterocycles. The molecule has 1 aromatic carbocycles. The van der Waals surface area contributed by atoms with Crippen LogP contribution in [0.25, 0.3) is 10.9 Å². The van der Waals surface area contributed by atoms with Gasteiger partial charge in [-0.3, -0.25) is 0 Å². The SMILES string of the molecule is CC(C)n1c(CNC2CC2)cc2cccc(O)c21. The van der Waals surface area contributed by atoms with E-state index in [0.29, 0.717) is 17.8 Å². The predicted octanol–water partition coefficient (Wildman–Crippen LogP) is 3.18. The van der Waals surface area contributed by atoms with E-state index in [2.05, 4.69) is 35.9 Å². The van der Waals surface area contributed by atoms with E-state index >= 15 is 0 Å². The summed E-state index contributed by atoms with van der Waals surface area (Å²) in [5.74, 6) is 0.374. The Hall–Kier alpha value is -1.48. The summed E-state index contributed by atoms with van der Waals surface area (Å²) < 4.78 is 2.24. The minimum atomic E-state index is 0.354. The topological polar surface area (TPSA) is 37.2 Å². The van der Waals surface area contributed by atoms with Crippen molar-refractivity contribution in [1.82, 2.24) is 9.88 Å². The second-order valence-electron chi connectivity index (χ2n) is 5.47. The van der Waals surface area contributed by atoms with Crippen molar-refractivity contribution >= 4 is 10.9 Å². The zero-order valence-electron chi connectivity index (χ0n) is 11.0. The monoisotopic (exact) mass is 244 g/mol. The van der Waals surface area contributed by atoms with Gasteiger partial charge in [0.25, 0.3) is 0 Å². The minimum Gasteiger partial charge on any atom is -0.506 e. The number of nitrogens with zero attached hydrogens (tertiary/aromatic N) is 1. The van der Waals surface area contributed by atoms with Crippen LogP contribution < -0.4 is 5.32 Å². The van der Waals surface area contributed by atoms with Gasteiger partial charge in [-0.2, -0.15) is 0 Å². The standard InChI is InChI=1S/C15H20N2O/c1-10(2)17-13(9-16-12-6-7-12)8-11-4-3-5-14(18)15(11)17/h3-5,8,10,12,16,18H,6-7,9H2,1-2H3. The van der Waals surface area contributed by atoms with Crippen LogP contribution in [0.4, 0.5) is 0 Å². The second-order valence-corrected chi connectivity index (χ2v) is 5.47. The summed E-state index contributed by atoms with van der Waals surface area (Å²) in [5, 5.41) is 14.7. The number of benzene rings is 1. The molecule has 0 atom stereocenters. The van der Waals surface area contributed by atoms with Crippen LogP contribution in [0.2, 0.25) is 0 Å². The normalized spacial score (nSPS) is 15.7. The van der Waals surface area contributed by atoms with E-state index in [9.17, 15) is 5.11 Å². The van der Waals surface area contributed by atoms with Crippen molar-refractivity contribution in [3.8, 4) is 5.75 Å². The lowest BCUT2D eigenvalue weighted by molar-refractivity contribution is 0.472. The number of phenols is 1. The fraction of sp³-hybridized carbons (Fsp3) is 0.467. The minimum absolute atomic E-state index is 0.354. The van der Waals surface area contributed by atoms with Crippen molar-refractivity contribution in [2.45, 2.75) is 45.3 Å². The Morgan fingerprint density at radius 1 is 1.39 bits per heavy atom. The summed E-state index contributed by atoms with van der Waals surface area (Å²) in [7, 11) is 0. The van der Waals surface area contributed by atoms with Gasteiger partial charge in [-0.1, -0.05) is 12.1 Å². The lowest BCUT2D eigenvalue weighted by atomic mass is 10.2. The lowest BCUT2D eigenvalue weighted by Gasteiger charge is -2.15. The van der Waals surface area contributed by atoms with Crippen LogP contribution in [0.3, 0.4) is 0 Å². The van der Waals surface area contributed by atoms with Gasteiger partial charge in [0.1, 0.15) is 5.75 Å². The highest BCUT2D eigenvalue weighted by Gasteiger charge is 2.21. The highest BCUT2D eigenvalue weighted by Crippen LogP contribution is 2.31. The molecule has 1 heterocycles. The lowest BCUT2D eigenvalue weighted by Crippen LogP contribution is -2.18. The maximum Gasteiger partial charge on any atom is 0.139 e. The number of nitrogens with one attached hydrogen (secondary N) is 1. The molecule has 0 aliphatic heterocycles. The quantitative estimate of drug-likeness (QED) is 0.866. The zero-order chi connectivity index (χ0) is 12.7. The van der Waals surface area contributed by atoms with E-state index < -0.39 is 0 Å². The first-order valence-corrected chi connectivity index (χ1v) is 6.72. The molecule has 2 aromatic rings. The van der Waals surface area contributed by atoms with Gasteiger partial charge in [0.05, 0.1) is 5.52 Å². The highest BCUT2D eigenvalue weighted by atomic mass is 16.3. The molecule has 1 fully saturated rings. The van der Waals surface area contributed by atoms with E-state index in [-0.39, 0.29) is 0 Å². The van der Waals surface area contributed by atoms with E-state index in [0.717, 1.165) is 17.4 Å². The number of rotatable bonds is 4. The average Bonchev–Trinajstić information content (AvgIpc) is 3.06. The van der Waals surface area contributed by atoms with Crippen molar-refractivity contribution < 1.29 is 5.11 Å². The molecule has 3 nitrogen and oxygen atoms in total. The number of phenolic OH excluding ortho intramolecular Hbond substituents is 1. The van der Waals surface area contributed by atoms with Crippen LogP contribution in [-0.2, 0) is 6.54 Å². The van der Waals surface area contributed by atoms with Gasteiger partial charge in [-0.15, -0.1) is 0 Å². The van der Waals surface area contributed by atoms with E-state index in [1.54, 1.807) is 6.07 Å². The summed E-state index contributed by atoms with van der Waals surface area (Å²) in [6.07, 6.45) is 2.60. The molecule has 1 aliphatic rings. The Kier molecular flexibility index (Phi) is 2.78. The van der Waals surface area contributed by atoms with E-state index in [4.69, 9.17) is 0 Å². The van der Waals surface area contributed by atoms with Crippen molar-refractivity contribution in [3.63, 3.8) is 0 Å². The summed E-state index contributed by atoms with van der Waals surface area (Å²) >= 11 is 0. The molecule has 96 valence electrons. The first-order valence-electron chi connectivity index (χ1n) is 6.72. The molecule has 18 heavy (non-hydrogen) atoms. The Labute approximate surface area is 107 Å². The van der Waals surface area contributed by atoms with Crippen LogP contribution >= 0.6 is 0 Å². The van der Waals surface area contributed by atoms with Crippen LogP contribution in [-0.4, -0.2) is 15.7 Å². The van der Waals surface area contributed by atoms with Crippen molar-refractivity contribution in [1.29, 1.82) is 0 Å². The molecule has 0 unspecified atom stereocenters. The fourth-order valence-corrected chi connectivity index (χ4v) is 2.58. The van der Waals surface area contributed by atoms with Gasteiger partial charge < -0.3 is 15.0 Å². The zero-order valence-corrected chi connectivity index (χ0v) is 11.0. The average molecular weight is 244 g/mol. The first-order chi connectivity index (χ1) is 8.66. The van der Waals surface area contributed by atoms with Gasteiger partial charge in [0, 0.05) is 29.7 Å². The molecule has 1 saturated carbocycles. The molecule has 1 aromatic heterocycles. The molecule has 0 bridgehead atoms. The van der Waals surface area contributed by atoms with Gasteiger partial charge in [0.2, 0.25) is 0 Å². The third kappa shape index (κ3) is 1.99. The molecule has 3 heteroatoms. The molecule has 1 aliphatic carbocycles. The number of para-hydroxylation sites is 1. The molecule has 0 amide bonds. The molecule has 2 N–H and O–H groups in total. The molecular formula is C15H20N2O. The largest absolute Gasteiger partial charge is 0.506 e. The maximum absolute atomic E-state index is 10.1. The molecule has 3 rings (SSSR count). The third-order valence-corrected chi connectivity index (χ3v) is 3.58. The summed E-state index contributed by atoms with van der Waals surface area (Å²) in [6, 6.07) is 8.97. The number of fused-ring (bicyclic) bond motifs is 1. The Balaban J connectivity index is 2.05. The summed E-state index contributed by atoms with van der Waals surface area (Å²) in [5.41, 5.74) is 2.22. The molecular weight excluding hydrogens is 224 g/mol. The fourth-order valence-electron chi connectivity index (χ4n) is 2.58. The number of hydrogen-bond donors (Lipinski definition) is 2. The number of hydrogen-bond acceptors (Lipinski definition) is 2. The van der Waals surface area contributed by atoms with Crippen molar-refractivity contribution in [3.05, 3.63) is 30.0 Å². The molecule has 0 radical (unpaired) electrons. The summed E-state index contributed by atoms with van der Waals surface area (Å²) in [4.78, 5) is 0. The number of aromatic hydroxyl groups is 1. The van der Waals surface area contributed by atoms with Crippen molar-refractivity contribution in [2.75, 3.05) is 0 Å². The van der Waals surface area contributed by atoms with Crippen molar-refractivity contribution in [2.24, 2.45) is 0 Å². The van der Waals surface area contributed by atoms with E-state index in [1.165, 1.54) is 18.5 Å². The van der Waals surface area contributed by atoms with E-state index in [1.807, 2.05) is 6.07 Å². The Morgan fingerprint density at radius 3 is 2.83 bits per heavy atom. The highest BCUT2D eigenvalue weighted by molar-refractivity contribution is 5.86. The maximum atomic E-state index is 10.1.